The van der Waals surface area contributed by atoms with Crippen LogP contribution in [0.4, 0.5) is 4.79 Å². The number of furan rings is 1. The number of ether oxygens (including phenoxy) is 1. The zero-order valence-corrected chi connectivity index (χ0v) is 22.6. The van der Waals surface area contributed by atoms with Crippen molar-refractivity contribution in [3.8, 4) is 0 Å². The molecule has 0 aliphatic carbocycles. The third-order valence-electron chi connectivity index (χ3n) is 5.74. The second-order valence-electron chi connectivity index (χ2n) is 8.23. The van der Waals surface area contributed by atoms with E-state index >= 15 is 0 Å². The average Bonchev–Trinajstić information content (AvgIpc) is 3.35. The highest BCUT2D eigenvalue weighted by Gasteiger charge is 2.21. The summed E-state index contributed by atoms with van der Waals surface area (Å²) >= 11 is 12.0. The van der Waals surface area contributed by atoms with E-state index in [0.29, 0.717) is 42.0 Å². The topological polar surface area (TPSA) is 107 Å². The number of aromatic carboxylic acids is 1. The van der Waals surface area contributed by atoms with Crippen LogP contribution >= 0.6 is 23.2 Å². The Bertz CT molecular complexity index is 962. The Balaban J connectivity index is 0.000000572. The molecule has 9 nitrogen and oxygen atoms in total. The number of nitrogens with one attached hydrogen (secondary N) is 2. The predicted molar refractivity (Wildman–Crippen MR) is 141 cm³/mol. The number of morpholine rings is 1. The molecule has 1 aliphatic rings. The van der Waals surface area contributed by atoms with Crippen molar-refractivity contribution in [3.05, 3.63) is 57.5 Å². The first-order valence-electron chi connectivity index (χ1n) is 12.1. The Morgan fingerprint density at radius 2 is 1.81 bits per heavy atom. The molecular formula is C25H36Cl2N4O5. The number of carbonyl (C=O) groups is 2. The normalized spacial score (nSPS) is 15.8. The Hall–Kier alpha value is -2.30. The van der Waals surface area contributed by atoms with E-state index in [-0.39, 0.29) is 24.4 Å². The van der Waals surface area contributed by atoms with Gasteiger partial charge in [-0.25, -0.2) is 9.59 Å². The molecule has 3 rings (SSSR count). The van der Waals surface area contributed by atoms with E-state index in [1.807, 2.05) is 12.1 Å². The highest BCUT2D eigenvalue weighted by molar-refractivity contribution is 6.42. The Morgan fingerprint density at radius 1 is 1.08 bits per heavy atom. The van der Waals surface area contributed by atoms with E-state index < -0.39 is 5.97 Å². The fourth-order valence-corrected chi connectivity index (χ4v) is 3.96. The second-order valence-corrected chi connectivity index (χ2v) is 9.04. The lowest BCUT2D eigenvalue weighted by molar-refractivity contribution is -0.0287. The number of carboxylic acids is 1. The lowest BCUT2D eigenvalue weighted by Crippen LogP contribution is -2.48. The van der Waals surface area contributed by atoms with Crippen LogP contribution in [0.5, 0.6) is 0 Å². The van der Waals surface area contributed by atoms with E-state index in [4.69, 9.17) is 37.5 Å². The van der Waals surface area contributed by atoms with Gasteiger partial charge in [0, 0.05) is 26.2 Å². The standard InChI is InChI=1S/C19H21Cl2N3O5.C6H15N/c20-15-3-1-12(7-16(15)21)10-24-5-6-28-14(11-24)9-23-19(27)22-8-13-2-4-17(29-13)18(25)26;1-4-7(5-2)6-3/h1-4,7,14H,5-6,8-11H2,(H,25,26)(H2,22,23,27);4-6H2,1-3H3/t14-;/m0./s1. The largest absolute Gasteiger partial charge is 0.475 e. The maximum atomic E-state index is 12.0. The minimum absolute atomic E-state index is 0.0914. The first-order chi connectivity index (χ1) is 17.2. The van der Waals surface area contributed by atoms with E-state index in [0.717, 1.165) is 12.1 Å². The van der Waals surface area contributed by atoms with Crippen LogP contribution in [0.3, 0.4) is 0 Å². The number of benzene rings is 1. The van der Waals surface area contributed by atoms with Crippen LogP contribution in [0, 0.1) is 0 Å². The van der Waals surface area contributed by atoms with Crippen molar-refractivity contribution >= 4 is 35.2 Å². The lowest BCUT2D eigenvalue weighted by atomic mass is 10.2. The number of carboxylic acid groups (broad SMARTS) is 1. The monoisotopic (exact) mass is 542 g/mol. The average molecular weight is 543 g/mol. The van der Waals surface area contributed by atoms with E-state index in [1.165, 1.54) is 31.8 Å². The van der Waals surface area contributed by atoms with Gasteiger partial charge < -0.3 is 29.8 Å². The van der Waals surface area contributed by atoms with Crippen molar-refractivity contribution in [2.24, 2.45) is 0 Å². The third-order valence-corrected chi connectivity index (χ3v) is 6.48. The number of carbonyl (C=O) groups excluding carboxylic acids is 1. The van der Waals surface area contributed by atoms with Crippen LogP contribution in [-0.2, 0) is 17.8 Å². The fourth-order valence-electron chi connectivity index (χ4n) is 3.64. The van der Waals surface area contributed by atoms with Gasteiger partial charge >= 0.3 is 12.0 Å². The molecule has 1 atom stereocenters. The first kappa shape index (κ1) is 29.9. The summed E-state index contributed by atoms with van der Waals surface area (Å²) in [5, 5.41) is 15.2. The molecule has 1 saturated heterocycles. The van der Waals surface area contributed by atoms with Gasteiger partial charge in [-0.05, 0) is 49.5 Å². The minimum Gasteiger partial charge on any atom is -0.475 e. The molecule has 0 saturated carbocycles. The van der Waals surface area contributed by atoms with Gasteiger partial charge in [0.25, 0.3) is 0 Å². The van der Waals surface area contributed by atoms with Crippen molar-refractivity contribution in [1.29, 1.82) is 0 Å². The molecule has 0 radical (unpaired) electrons. The number of urea groups is 1. The van der Waals surface area contributed by atoms with Crippen molar-refractivity contribution in [3.63, 3.8) is 0 Å². The number of amides is 2. The fraction of sp³-hybridized carbons (Fsp3) is 0.520. The Kier molecular flexibility index (Phi) is 13.1. The SMILES string of the molecule is CCN(CC)CC.O=C(NCc1ccc(C(=O)O)o1)NC[C@H]1CN(Cc2ccc(Cl)c(Cl)c2)CCO1. The molecule has 1 aliphatic heterocycles. The highest BCUT2D eigenvalue weighted by Crippen LogP contribution is 2.23. The van der Waals surface area contributed by atoms with Crippen LogP contribution in [-0.4, -0.2) is 78.9 Å². The molecule has 11 heteroatoms. The van der Waals surface area contributed by atoms with Crippen molar-refractivity contribution in [2.45, 2.75) is 40.0 Å². The summed E-state index contributed by atoms with van der Waals surface area (Å²) in [5.74, 6) is -0.959. The smallest absolute Gasteiger partial charge is 0.371 e. The number of hydrogen-bond donors (Lipinski definition) is 3. The summed E-state index contributed by atoms with van der Waals surface area (Å²) in [6, 6.07) is 8.04. The number of halogens is 2. The zero-order chi connectivity index (χ0) is 26.5. The van der Waals surface area contributed by atoms with Crippen molar-refractivity contribution in [1.82, 2.24) is 20.4 Å². The molecule has 36 heavy (non-hydrogen) atoms. The molecule has 0 unspecified atom stereocenters. The van der Waals surface area contributed by atoms with Crippen molar-refractivity contribution < 1.29 is 23.8 Å². The summed E-state index contributed by atoms with van der Waals surface area (Å²) in [7, 11) is 0. The van der Waals surface area contributed by atoms with Crippen LogP contribution in [0.25, 0.3) is 0 Å². The molecule has 2 aromatic rings. The third kappa shape index (κ3) is 10.4. The first-order valence-corrected chi connectivity index (χ1v) is 12.8. The van der Waals surface area contributed by atoms with Gasteiger partial charge in [-0.1, -0.05) is 50.0 Å². The molecule has 3 N–H and O–H groups in total. The molecular weight excluding hydrogens is 507 g/mol. The molecule has 1 fully saturated rings. The summed E-state index contributed by atoms with van der Waals surface area (Å²) in [5.41, 5.74) is 1.06. The Morgan fingerprint density at radius 3 is 2.39 bits per heavy atom. The lowest BCUT2D eigenvalue weighted by Gasteiger charge is -2.33. The van der Waals surface area contributed by atoms with Crippen LogP contribution < -0.4 is 10.6 Å². The number of rotatable bonds is 10. The molecule has 2 heterocycles. The molecule has 200 valence electrons. The summed E-state index contributed by atoms with van der Waals surface area (Å²) < 4.78 is 10.8. The van der Waals surface area contributed by atoms with Gasteiger partial charge in [0.05, 0.1) is 29.3 Å². The quantitative estimate of drug-likeness (QED) is 0.410. The van der Waals surface area contributed by atoms with Gasteiger partial charge in [-0.15, -0.1) is 0 Å². The summed E-state index contributed by atoms with van der Waals surface area (Å²) in [6.07, 6.45) is -0.139. The minimum atomic E-state index is -1.15. The van der Waals surface area contributed by atoms with Gasteiger partial charge in [-0.3, -0.25) is 4.90 Å². The van der Waals surface area contributed by atoms with Crippen molar-refractivity contribution in [2.75, 3.05) is 45.9 Å². The second kappa shape index (κ2) is 15.7. The highest BCUT2D eigenvalue weighted by atomic mass is 35.5. The number of nitrogens with zero attached hydrogens (tertiary/aromatic N) is 2. The number of hydrogen-bond acceptors (Lipinski definition) is 6. The van der Waals surface area contributed by atoms with Gasteiger partial charge in [0.2, 0.25) is 5.76 Å². The van der Waals surface area contributed by atoms with Gasteiger partial charge in [0.1, 0.15) is 5.76 Å². The molecule has 1 aromatic heterocycles. The van der Waals surface area contributed by atoms with Gasteiger partial charge in [-0.2, -0.15) is 0 Å². The summed E-state index contributed by atoms with van der Waals surface area (Å²) in [4.78, 5) is 27.3. The summed E-state index contributed by atoms with van der Waals surface area (Å²) in [6.45, 7) is 13.3. The van der Waals surface area contributed by atoms with Crippen LogP contribution in [0.2, 0.25) is 10.0 Å². The van der Waals surface area contributed by atoms with E-state index in [2.05, 4.69) is 41.2 Å². The molecule has 0 bridgehead atoms. The maximum Gasteiger partial charge on any atom is 0.371 e. The van der Waals surface area contributed by atoms with Crippen LogP contribution in [0.15, 0.2) is 34.7 Å². The van der Waals surface area contributed by atoms with E-state index in [9.17, 15) is 9.59 Å². The molecule has 0 spiro atoms. The van der Waals surface area contributed by atoms with Gasteiger partial charge in [0.15, 0.2) is 0 Å². The zero-order valence-electron chi connectivity index (χ0n) is 21.1. The maximum absolute atomic E-state index is 12.0. The molecule has 1 aromatic carbocycles. The predicted octanol–water partition coefficient (Wildman–Crippen LogP) is 4.33. The molecule has 2 amide bonds. The Labute approximate surface area is 222 Å². The van der Waals surface area contributed by atoms with Crippen LogP contribution in [0.1, 0.15) is 42.6 Å². The van der Waals surface area contributed by atoms with E-state index in [1.54, 1.807) is 6.07 Å².